The third-order valence-corrected chi connectivity index (χ3v) is 2.73. The molecular weight excluding hydrogens is 228 g/mol. The van der Waals surface area contributed by atoms with Gasteiger partial charge in [0.15, 0.2) is 6.61 Å². The van der Waals surface area contributed by atoms with E-state index in [4.69, 9.17) is 4.74 Å². The molecule has 0 saturated heterocycles. The number of hydrogen-bond donors (Lipinski definition) is 2. The van der Waals surface area contributed by atoms with Gasteiger partial charge in [-0.25, -0.2) is 0 Å². The van der Waals surface area contributed by atoms with Crippen molar-refractivity contribution in [2.75, 3.05) is 20.2 Å². The smallest absolute Gasteiger partial charge is 0.257 e. The summed E-state index contributed by atoms with van der Waals surface area (Å²) in [4.78, 5) is 11.2. The number of carbonyl (C=O) groups is 1. The summed E-state index contributed by atoms with van der Waals surface area (Å²) >= 11 is 0. The van der Waals surface area contributed by atoms with Gasteiger partial charge in [0.1, 0.15) is 5.75 Å². The lowest BCUT2D eigenvalue weighted by Gasteiger charge is -2.13. The number of rotatable bonds is 6. The van der Waals surface area contributed by atoms with E-state index < -0.39 is 0 Å². The van der Waals surface area contributed by atoms with E-state index in [0.29, 0.717) is 0 Å². The van der Waals surface area contributed by atoms with Gasteiger partial charge in [0.25, 0.3) is 5.91 Å². The molecule has 4 nitrogen and oxygen atoms in total. The van der Waals surface area contributed by atoms with E-state index >= 15 is 0 Å². The zero-order valence-corrected chi connectivity index (χ0v) is 11.6. The van der Waals surface area contributed by atoms with Crippen molar-refractivity contribution in [3.63, 3.8) is 0 Å². The Bertz CT molecular complexity index is 393. The minimum absolute atomic E-state index is 0.0603. The Hall–Kier alpha value is -1.55. The highest BCUT2D eigenvalue weighted by Gasteiger charge is 2.08. The second-order valence-electron chi connectivity index (χ2n) is 4.30. The van der Waals surface area contributed by atoms with E-state index in [9.17, 15) is 4.79 Å². The molecule has 0 bridgehead atoms. The van der Waals surface area contributed by atoms with Crippen LogP contribution in [0, 0.1) is 13.8 Å². The van der Waals surface area contributed by atoms with E-state index in [2.05, 4.69) is 29.7 Å². The summed E-state index contributed by atoms with van der Waals surface area (Å²) in [6.07, 6.45) is 0. The quantitative estimate of drug-likeness (QED) is 0.805. The zero-order chi connectivity index (χ0) is 13.5. The van der Waals surface area contributed by atoms with Crippen molar-refractivity contribution < 1.29 is 9.53 Å². The number of benzene rings is 1. The van der Waals surface area contributed by atoms with Crippen LogP contribution in [0.25, 0.3) is 0 Å². The highest BCUT2D eigenvalue weighted by Crippen LogP contribution is 2.24. The summed E-state index contributed by atoms with van der Waals surface area (Å²) in [7, 11) is 1.60. The summed E-state index contributed by atoms with van der Waals surface area (Å²) < 4.78 is 5.55. The topological polar surface area (TPSA) is 50.4 Å². The van der Waals surface area contributed by atoms with Gasteiger partial charge < -0.3 is 15.4 Å². The van der Waals surface area contributed by atoms with E-state index in [1.165, 1.54) is 5.56 Å². The predicted molar refractivity (Wildman–Crippen MR) is 72.9 cm³/mol. The Morgan fingerprint density at radius 3 is 2.39 bits per heavy atom. The third kappa shape index (κ3) is 4.04. The number of amides is 1. The number of ether oxygens (including phenoxy) is 1. The normalized spacial score (nSPS) is 10.2. The highest BCUT2D eigenvalue weighted by molar-refractivity contribution is 5.77. The Labute approximate surface area is 109 Å². The summed E-state index contributed by atoms with van der Waals surface area (Å²) in [5.74, 6) is 0.685. The maximum absolute atomic E-state index is 11.2. The maximum atomic E-state index is 11.2. The van der Waals surface area contributed by atoms with Crippen LogP contribution < -0.4 is 15.4 Å². The Balaban J connectivity index is 2.77. The van der Waals surface area contributed by atoms with Crippen molar-refractivity contribution in [3.8, 4) is 5.75 Å². The summed E-state index contributed by atoms with van der Waals surface area (Å²) in [5.41, 5.74) is 3.36. The molecule has 0 unspecified atom stereocenters. The molecule has 0 radical (unpaired) electrons. The van der Waals surface area contributed by atoms with Crippen molar-refractivity contribution in [1.29, 1.82) is 0 Å². The number of aryl methyl sites for hydroxylation is 2. The highest BCUT2D eigenvalue weighted by atomic mass is 16.5. The van der Waals surface area contributed by atoms with E-state index in [1.54, 1.807) is 7.05 Å². The minimum atomic E-state index is -0.120. The lowest BCUT2D eigenvalue weighted by Crippen LogP contribution is -2.25. The second kappa shape index (κ2) is 7.01. The van der Waals surface area contributed by atoms with Gasteiger partial charge in [-0.05, 0) is 37.1 Å². The zero-order valence-electron chi connectivity index (χ0n) is 11.6. The molecule has 0 aliphatic heterocycles. The fraction of sp³-hybridized carbons (Fsp3) is 0.500. The lowest BCUT2D eigenvalue weighted by molar-refractivity contribution is -0.122. The van der Waals surface area contributed by atoms with Crippen LogP contribution in [0.3, 0.4) is 0 Å². The number of likely N-dealkylation sites (N-methyl/N-ethyl adjacent to an activating group) is 1. The van der Waals surface area contributed by atoms with Crippen molar-refractivity contribution in [1.82, 2.24) is 10.6 Å². The van der Waals surface area contributed by atoms with Crippen LogP contribution in [0.1, 0.15) is 23.6 Å². The largest absolute Gasteiger partial charge is 0.483 e. The number of hydrogen-bond acceptors (Lipinski definition) is 3. The van der Waals surface area contributed by atoms with Crippen LogP contribution in [0.2, 0.25) is 0 Å². The molecule has 18 heavy (non-hydrogen) atoms. The summed E-state index contributed by atoms with van der Waals surface area (Å²) in [6, 6.07) is 4.18. The first-order chi connectivity index (χ1) is 8.58. The Kier molecular flexibility index (Phi) is 5.65. The molecule has 0 aromatic heterocycles. The molecule has 1 aromatic rings. The first-order valence-corrected chi connectivity index (χ1v) is 6.22. The summed E-state index contributed by atoms with van der Waals surface area (Å²) in [5, 5.41) is 5.83. The van der Waals surface area contributed by atoms with Gasteiger partial charge in [-0.1, -0.05) is 19.1 Å². The van der Waals surface area contributed by atoms with Gasteiger partial charge in [0, 0.05) is 13.6 Å². The fourth-order valence-electron chi connectivity index (χ4n) is 1.85. The van der Waals surface area contributed by atoms with Gasteiger partial charge in [0.2, 0.25) is 0 Å². The van der Waals surface area contributed by atoms with Crippen LogP contribution in [0.4, 0.5) is 0 Å². The molecule has 0 spiro atoms. The first-order valence-electron chi connectivity index (χ1n) is 6.22. The molecule has 0 saturated carbocycles. The van der Waals surface area contributed by atoms with Crippen molar-refractivity contribution in [3.05, 3.63) is 28.8 Å². The van der Waals surface area contributed by atoms with Gasteiger partial charge in [-0.3, -0.25) is 4.79 Å². The van der Waals surface area contributed by atoms with Crippen LogP contribution >= 0.6 is 0 Å². The van der Waals surface area contributed by atoms with Gasteiger partial charge in [0.05, 0.1) is 0 Å². The molecule has 100 valence electrons. The van der Waals surface area contributed by atoms with Crippen LogP contribution in [0.15, 0.2) is 12.1 Å². The Morgan fingerprint density at radius 2 is 1.89 bits per heavy atom. The molecular formula is C14H22N2O2. The molecule has 0 fully saturated rings. The average Bonchev–Trinajstić information content (AvgIpc) is 2.34. The number of carbonyl (C=O) groups excluding carboxylic acids is 1. The molecule has 1 rings (SSSR count). The van der Waals surface area contributed by atoms with E-state index in [1.807, 2.05) is 13.8 Å². The molecule has 2 N–H and O–H groups in total. The molecule has 0 atom stereocenters. The van der Waals surface area contributed by atoms with Crippen LogP contribution in [-0.2, 0) is 11.3 Å². The van der Waals surface area contributed by atoms with Gasteiger partial charge in [-0.2, -0.15) is 0 Å². The lowest BCUT2D eigenvalue weighted by atomic mass is 10.1. The van der Waals surface area contributed by atoms with Gasteiger partial charge in [-0.15, -0.1) is 0 Å². The molecule has 1 amide bonds. The SMILES string of the molecule is CCNCc1cc(C)c(OCC(=O)NC)c(C)c1. The molecule has 1 aromatic carbocycles. The van der Waals surface area contributed by atoms with Crippen LogP contribution in [0.5, 0.6) is 5.75 Å². The fourth-order valence-corrected chi connectivity index (χ4v) is 1.85. The minimum Gasteiger partial charge on any atom is -0.483 e. The molecule has 0 aliphatic rings. The van der Waals surface area contributed by atoms with Crippen molar-refractivity contribution >= 4 is 5.91 Å². The van der Waals surface area contributed by atoms with Crippen LogP contribution in [-0.4, -0.2) is 26.1 Å². The molecule has 0 aliphatic carbocycles. The predicted octanol–water partition coefficient (Wildman–Crippen LogP) is 1.54. The standard InChI is InChI=1S/C14H22N2O2/c1-5-16-8-12-6-10(2)14(11(3)7-12)18-9-13(17)15-4/h6-7,16H,5,8-9H2,1-4H3,(H,15,17). The Morgan fingerprint density at radius 1 is 1.28 bits per heavy atom. The molecule has 4 heteroatoms. The molecule has 0 heterocycles. The first kappa shape index (κ1) is 14.5. The van der Waals surface area contributed by atoms with Gasteiger partial charge >= 0.3 is 0 Å². The van der Waals surface area contributed by atoms with E-state index in [-0.39, 0.29) is 12.5 Å². The summed E-state index contributed by atoms with van der Waals surface area (Å²) in [6.45, 7) is 7.95. The average molecular weight is 250 g/mol. The van der Waals surface area contributed by atoms with Crippen molar-refractivity contribution in [2.24, 2.45) is 0 Å². The maximum Gasteiger partial charge on any atom is 0.257 e. The second-order valence-corrected chi connectivity index (χ2v) is 4.30. The van der Waals surface area contributed by atoms with E-state index in [0.717, 1.165) is 30.0 Å². The monoisotopic (exact) mass is 250 g/mol. The third-order valence-electron chi connectivity index (χ3n) is 2.73. The van der Waals surface area contributed by atoms with Crippen molar-refractivity contribution in [2.45, 2.75) is 27.3 Å². The number of nitrogens with one attached hydrogen (secondary N) is 2.